The van der Waals surface area contributed by atoms with Gasteiger partial charge in [0.05, 0.1) is 5.56 Å². The van der Waals surface area contributed by atoms with Gasteiger partial charge in [0.1, 0.15) is 18.5 Å². The van der Waals surface area contributed by atoms with Crippen LogP contribution in [0.2, 0.25) is 0 Å². The van der Waals surface area contributed by atoms with Crippen molar-refractivity contribution in [3.63, 3.8) is 0 Å². The maximum absolute atomic E-state index is 12.9. The van der Waals surface area contributed by atoms with Crippen molar-refractivity contribution in [3.8, 4) is 5.75 Å². The monoisotopic (exact) mass is 458 g/mol. The van der Waals surface area contributed by atoms with Crippen molar-refractivity contribution in [2.45, 2.75) is 12.3 Å². The number of hydrogen-bond donors (Lipinski definition) is 1. The van der Waals surface area contributed by atoms with Crippen molar-refractivity contribution in [3.05, 3.63) is 58.6 Å². The summed E-state index contributed by atoms with van der Waals surface area (Å²) < 4.78 is 45.2. The van der Waals surface area contributed by atoms with Crippen molar-refractivity contribution < 1.29 is 23.0 Å². The molecular weight excluding hydrogens is 437 g/mol. The van der Waals surface area contributed by atoms with Crippen LogP contribution in [0.3, 0.4) is 0 Å². The molecular formula is C20H22BrF3N2O2. The Kier molecular flexibility index (Phi) is 6.85. The highest BCUT2D eigenvalue weighted by molar-refractivity contribution is 9.10. The molecule has 0 aliphatic carbocycles. The Labute approximate surface area is 170 Å². The molecule has 1 aliphatic heterocycles. The molecule has 28 heavy (non-hydrogen) atoms. The second-order valence-corrected chi connectivity index (χ2v) is 7.67. The third-order valence-corrected chi connectivity index (χ3v) is 5.16. The molecule has 0 saturated carbocycles. The molecule has 0 unspecified atom stereocenters. The zero-order chi connectivity index (χ0) is 20.1. The van der Waals surface area contributed by atoms with Gasteiger partial charge in [0.2, 0.25) is 0 Å². The Morgan fingerprint density at radius 2 is 1.71 bits per heavy atom. The number of halogens is 4. The molecule has 2 aromatic carbocycles. The molecule has 0 amide bonds. The maximum Gasteiger partial charge on any atom is 0.416 e. The highest BCUT2D eigenvalue weighted by atomic mass is 79.9. The molecule has 1 N–H and O–H groups in total. The number of hydrogen-bond acceptors (Lipinski definition) is 4. The average molecular weight is 459 g/mol. The average Bonchev–Trinajstić information content (AvgIpc) is 2.68. The summed E-state index contributed by atoms with van der Waals surface area (Å²) in [5.41, 5.74) is -0.0541. The van der Waals surface area contributed by atoms with Gasteiger partial charge in [-0.25, -0.2) is 0 Å². The van der Waals surface area contributed by atoms with Crippen LogP contribution in [0.4, 0.5) is 18.9 Å². The van der Waals surface area contributed by atoms with E-state index in [2.05, 4.69) is 20.8 Å². The highest BCUT2D eigenvalue weighted by Crippen LogP contribution is 2.31. The summed E-state index contributed by atoms with van der Waals surface area (Å²) >= 11 is 3.36. The Hall–Kier alpha value is -1.77. The molecule has 152 valence electrons. The van der Waals surface area contributed by atoms with Crippen LogP contribution in [-0.4, -0.2) is 55.4 Å². The van der Waals surface area contributed by atoms with Crippen LogP contribution in [0.1, 0.15) is 5.56 Å². The molecule has 2 aromatic rings. The first-order valence-electron chi connectivity index (χ1n) is 9.02. The number of anilines is 1. The van der Waals surface area contributed by atoms with E-state index in [1.54, 1.807) is 6.07 Å². The van der Waals surface area contributed by atoms with Crippen LogP contribution in [0.5, 0.6) is 5.75 Å². The Balaban J connectivity index is 1.45. The molecule has 1 heterocycles. The Morgan fingerprint density at radius 3 is 2.36 bits per heavy atom. The third kappa shape index (κ3) is 5.86. The van der Waals surface area contributed by atoms with Crippen molar-refractivity contribution in [1.82, 2.24) is 4.90 Å². The second-order valence-electron chi connectivity index (χ2n) is 6.75. The van der Waals surface area contributed by atoms with Crippen LogP contribution in [-0.2, 0) is 6.18 Å². The molecule has 8 heteroatoms. The molecule has 1 saturated heterocycles. The number of piperazine rings is 1. The van der Waals surface area contributed by atoms with Gasteiger partial charge in [-0.3, -0.25) is 4.90 Å². The van der Waals surface area contributed by atoms with E-state index in [4.69, 9.17) is 4.74 Å². The first-order chi connectivity index (χ1) is 13.3. The minimum absolute atomic E-state index is 0.190. The quantitative estimate of drug-likeness (QED) is 0.708. The van der Waals surface area contributed by atoms with Gasteiger partial charge in [0.15, 0.2) is 0 Å². The van der Waals surface area contributed by atoms with E-state index in [-0.39, 0.29) is 6.61 Å². The molecule has 1 fully saturated rings. The van der Waals surface area contributed by atoms with Crippen LogP contribution in [0.25, 0.3) is 0 Å². The number of aliphatic hydroxyl groups is 1. The summed E-state index contributed by atoms with van der Waals surface area (Å²) in [6.07, 6.45) is -4.97. The lowest BCUT2D eigenvalue weighted by atomic mass is 10.1. The fraction of sp³-hybridized carbons (Fsp3) is 0.400. The maximum atomic E-state index is 12.9. The number of benzene rings is 2. The Bertz CT molecular complexity index is 763. The first kappa shape index (κ1) is 21.0. The van der Waals surface area contributed by atoms with Gasteiger partial charge in [-0.05, 0) is 42.5 Å². The molecule has 1 aliphatic rings. The van der Waals surface area contributed by atoms with Gasteiger partial charge >= 0.3 is 6.18 Å². The number of aliphatic hydroxyl groups excluding tert-OH is 1. The fourth-order valence-electron chi connectivity index (χ4n) is 3.14. The van der Waals surface area contributed by atoms with E-state index < -0.39 is 17.8 Å². The van der Waals surface area contributed by atoms with Gasteiger partial charge < -0.3 is 14.7 Å². The minimum atomic E-state index is -4.34. The van der Waals surface area contributed by atoms with Crippen LogP contribution < -0.4 is 9.64 Å². The van der Waals surface area contributed by atoms with E-state index in [1.807, 2.05) is 29.2 Å². The Morgan fingerprint density at radius 1 is 1.04 bits per heavy atom. The van der Waals surface area contributed by atoms with Crippen LogP contribution in [0.15, 0.2) is 53.0 Å². The standard InChI is InChI=1S/C20H22BrF3N2O2/c21-16-4-6-19(7-5-16)28-14-18(27)13-25-8-10-26(11-9-25)17-3-1-2-15(12-17)20(22,23)24/h1-7,12,18,27H,8-11,13-14H2/t18-/m1/s1. The number of β-amino-alcohol motifs (C(OH)–C–C–N with tert-alkyl or cyclic N) is 1. The number of nitrogens with zero attached hydrogens (tertiary/aromatic N) is 2. The topological polar surface area (TPSA) is 35.9 Å². The van der Waals surface area contributed by atoms with Crippen LogP contribution in [0, 0.1) is 0 Å². The second kappa shape index (κ2) is 9.15. The molecule has 0 radical (unpaired) electrons. The number of rotatable bonds is 6. The van der Waals surface area contributed by atoms with Gasteiger partial charge in [-0.2, -0.15) is 13.2 Å². The summed E-state index contributed by atoms with van der Waals surface area (Å²) in [5, 5.41) is 10.2. The summed E-state index contributed by atoms with van der Waals surface area (Å²) in [7, 11) is 0. The van der Waals surface area contributed by atoms with Crippen molar-refractivity contribution >= 4 is 21.6 Å². The lowest BCUT2D eigenvalue weighted by Crippen LogP contribution is -2.49. The van der Waals surface area contributed by atoms with E-state index in [9.17, 15) is 18.3 Å². The third-order valence-electron chi connectivity index (χ3n) is 4.64. The zero-order valence-electron chi connectivity index (χ0n) is 15.2. The van der Waals surface area contributed by atoms with E-state index >= 15 is 0 Å². The predicted molar refractivity (Wildman–Crippen MR) is 106 cm³/mol. The van der Waals surface area contributed by atoms with E-state index in [1.165, 1.54) is 12.1 Å². The summed E-state index contributed by atoms with van der Waals surface area (Å²) in [5.74, 6) is 0.691. The minimum Gasteiger partial charge on any atom is -0.491 e. The van der Waals surface area contributed by atoms with Gasteiger partial charge in [-0.1, -0.05) is 22.0 Å². The summed E-state index contributed by atoms with van der Waals surface area (Å²) in [6, 6.07) is 12.8. The van der Waals surface area contributed by atoms with Crippen LogP contribution >= 0.6 is 15.9 Å². The molecule has 0 aromatic heterocycles. The molecule has 1 atom stereocenters. The van der Waals surface area contributed by atoms with Crippen molar-refractivity contribution in [1.29, 1.82) is 0 Å². The van der Waals surface area contributed by atoms with Crippen molar-refractivity contribution in [2.75, 3.05) is 44.2 Å². The van der Waals surface area contributed by atoms with Gasteiger partial charge in [0.25, 0.3) is 0 Å². The van der Waals surface area contributed by atoms with Crippen molar-refractivity contribution in [2.24, 2.45) is 0 Å². The fourth-order valence-corrected chi connectivity index (χ4v) is 3.41. The molecule has 3 rings (SSSR count). The van der Waals surface area contributed by atoms with Gasteiger partial charge in [-0.15, -0.1) is 0 Å². The first-order valence-corrected chi connectivity index (χ1v) is 9.81. The SMILES string of the molecule is O[C@@H](COc1ccc(Br)cc1)CN1CCN(c2cccc(C(F)(F)F)c2)CC1. The molecule has 0 spiro atoms. The zero-order valence-corrected chi connectivity index (χ0v) is 16.8. The molecule has 0 bridgehead atoms. The summed E-state index contributed by atoms with van der Waals surface area (Å²) in [6.45, 7) is 3.23. The molecule has 4 nitrogen and oxygen atoms in total. The number of ether oxygens (including phenoxy) is 1. The summed E-state index contributed by atoms with van der Waals surface area (Å²) in [4.78, 5) is 4.04. The smallest absolute Gasteiger partial charge is 0.416 e. The normalized spacial score (nSPS) is 16.8. The highest BCUT2D eigenvalue weighted by Gasteiger charge is 2.31. The predicted octanol–water partition coefficient (Wildman–Crippen LogP) is 4.03. The van der Waals surface area contributed by atoms with E-state index in [0.29, 0.717) is 44.2 Å². The van der Waals surface area contributed by atoms with Gasteiger partial charge in [0, 0.05) is 42.9 Å². The lowest BCUT2D eigenvalue weighted by Gasteiger charge is -2.37. The van der Waals surface area contributed by atoms with E-state index in [0.717, 1.165) is 10.5 Å². The lowest BCUT2D eigenvalue weighted by molar-refractivity contribution is -0.137. The number of alkyl halides is 3. The largest absolute Gasteiger partial charge is 0.491 e.